The zero-order valence-electron chi connectivity index (χ0n) is 9.41. The van der Waals surface area contributed by atoms with Crippen molar-refractivity contribution in [3.63, 3.8) is 0 Å². The highest BCUT2D eigenvalue weighted by atomic mass is 32.1. The molecule has 0 radical (unpaired) electrons. The Kier molecular flexibility index (Phi) is 3.86. The molecule has 0 saturated carbocycles. The molecule has 0 aliphatic heterocycles. The van der Waals surface area contributed by atoms with E-state index in [1.807, 2.05) is 17.5 Å². The monoisotopic (exact) mass is 253 g/mol. The smallest absolute Gasteiger partial charge is 0.126 e. The number of rotatable bonds is 4. The highest BCUT2D eigenvalue weighted by Gasteiger charge is 2.13. The molecule has 17 heavy (non-hydrogen) atoms. The van der Waals surface area contributed by atoms with Gasteiger partial charge in [-0.15, -0.1) is 11.3 Å². The fourth-order valence-corrected chi connectivity index (χ4v) is 2.54. The molecule has 1 aromatic heterocycles. The second-order valence-corrected chi connectivity index (χ2v) is 4.86. The molecule has 90 valence electrons. The molecule has 0 bridgehead atoms. The first kappa shape index (κ1) is 12.2. The Hall–Kier alpha value is -1.26. The predicted octanol–water partition coefficient (Wildman–Crippen LogP) is 3.53. The van der Waals surface area contributed by atoms with Crippen molar-refractivity contribution >= 4 is 11.3 Å². The predicted molar refractivity (Wildman–Crippen MR) is 66.2 cm³/mol. The van der Waals surface area contributed by atoms with Crippen LogP contribution in [0.4, 0.5) is 8.78 Å². The number of nitrogens with one attached hydrogen (secondary N) is 1. The zero-order valence-corrected chi connectivity index (χ0v) is 10.2. The van der Waals surface area contributed by atoms with Crippen molar-refractivity contribution in [1.29, 1.82) is 0 Å². The lowest BCUT2D eigenvalue weighted by Crippen LogP contribution is -2.18. The van der Waals surface area contributed by atoms with Crippen molar-refractivity contribution in [3.05, 3.63) is 57.8 Å². The van der Waals surface area contributed by atoms with E-state index in [9.17, 15) is 8.78 Å². The van der Waals surface area contributed by atoms with Crippen LogP contribution in [0.2, 0.25) is 0 Å². The molecule has 0 saturated heterocycles. The lowest BCUT2D eigenvalue weighted by Gasteiger charge is -2.16. The lowest BCUT2D eigenvalue weighted by atomic mass is 10.0. The first-order chi connectivity index (χ1) is 8.19. The molecule has 1 heterocycles. The number of hydrogen-bond donors (Lipinski definition) is 1. The van der Waals surface area contributed by atoms with Crippen LogP contribution in [-0.4, -0.2) is 7.05 Å². The van der Waals surface area contributed by atoms with Gasteiger partial charge in [-0.1, -0.05) is 6.07 Å². The van der Waals surface area contributed by atoms with Crippen molar-refractivity contribution in [1.82, 2.24) is 5.32 Å². The van der Waals surface area contributed by atoms with Gasteiger partial charge in [-0.25, -0.2) is 8.78 Å². The van der Waals surface area contributed by atoms with Crippen LogP contribution in [0.15, 0.2) is 35.7 Å². The summed E-state index contributed by atoms with van der Waals surface area (Å²) in [6, 6.07) is 7.56. The fraction of sp³-hybridized carbons (Fsp3) is 0.231. The maximum absolute atomic E-state index is 13.1. The van der Waals surface area contributed by atoms with E-state index in [1.54, 1.807) is 18.4 Å². The van der Waals surface area contributed by atoms with Crippen molar-refractivity contribution in [2.75, 3.05) is 7.05 Å². The summed E-state index contributed by atoms with van der Waals surface area (Å²) in [6.45, 7) is 0. The standard InChI is InChI=1S/C13H13F2NS/c1-16-13(8-12-3-2-4-17-12)9-5-10(14)7-11(15)6-9/h2-7,13,16H,8H2,1H3. The van der Waals surface area contributed by atoms with E-state index in [0.717, 1.165) is 12.5 Å². The molecule has 1 nitrogen and oxygen atoms in total. The van der Waals surface area contributed by atoms with E-state index in [1.165, 1.54) is 17.0 Å². The topological polar surface area (TPSA) is 12.0 Å². The fourth-order valence-electron chi connectivity index (χ4n) is 1.79. The van der Waals surface area contributed by atoms with Crippen LogP contribution < -0.4 is 5.32 Å². The number of likely N-dealkylation sites (N-methyl/N-ethyl adjacent to an activating group) is 1. The Bertz CT molecular complexity index is 462. The summed E-state index contributed by atoms with van der Waals surface area (Å²) in [5, 5.41) is 5.08. The molecule has 2 aromatic rings. The number of halogens is 2. The first-order valence-electron chi connectivity index (χ1n) is 5.34. The van der Waals surface area contributed by atoms with E-state index in [2.05, 4.69) is 5.32 Å². The molecule has 2 rings (SSSR count). The van der Waals surface area contributed by atoms with Gasteiger partial charge in [0.15, 0.2) is 0 Å². The zero-order chi connectivity index (χ0) is 12.3. The molecule has 1 N–H and O–H groups in total. The van der Waals surface area contributed by atoms with Crippen molar-refractivity contribution in [3.8, 4) is 0 Å². The van der Waals surface area contributed by atoms with Crippen molar-refractivity contribution in [2.24, 2.45) is 0 Å². The van der Waals surface area contributed by atoms with Gasteiger partial charge in [0.25, 0.3) is 0 Å². The average Bonchev–Trinajstić information content (AvgIpc) is 2.77. The lowest BCUT2D eigenvalue weighted by molar-refractivity contribution is 0.553. The third-order valence-corrected chi connectivity index (χ3v) is 3.52. The molecule has 0 amide bonds. The van der Waals surface area contributed by atoms with E-state index >= 15 is 0 Å². The highest BCUT2D eigenvalue weighted by molar-refractivity contribution is 7.09. The molecule has 1 unspecified atom stereocenters. The van der Waals surface area contributed by atoms with E-state index < -0.39 is 11.6 Å². The third-order valence-electron chi connectivity index (χ3n) is 2.62. The molecule has 1 atom stereocenters. The Balaban J connectivity index is 2.22. The Labute approximate surface area is 103 Å². The van der Waals surface area contributed by atoms with E-state index in [4.69, 9.17) is 0 Å². The molecular weight excluding hydrogens is 240 g/mol. The van der Waals surface area contributed by atoms with Crippen LogP contribution >= 0.6 is 11.3 Å². The van der Waals surface area contributed by atoms with Crippen LogP contribution in [0.3, 0.4) is 0 Å². The van der Waals surface area contributed by atoms with Gasteiger partial charge in [0.05, 0.1) is 0 Å². The van der Waals surface area contributed by atoms with Crippen LogP contribution in [0.5, 0.6) is 0 Å². The summed E-state index contributed by atoms with van der Waals surface area (Å²) in [4.78, 5) is 1.19. The normalized spacial score (nSPS) is 12.6. The minimum atomic E-state index is -0.536. The van der Waals surface area contributed by atoms with Gasteiger partial charge in [0.2, 0.25) is 0 Å². The molecule has 4 heteroatoms. The molecule has 0 aliphatic rings. The summed E-state index contributed by atoms with van der Waals surface area (Å²) < 4.78 is 26.3. The number of benzene rings is 1. The van der Waals surface area contributed by atoms with Gasteiger partial charge in [-0.3, -0.25) is 0 Å². The van der Waals surface area contributed by atoms with Gasteiger partial charge in [-0.05, 0) is 36.2 Å². The maximum atomic E-state index is 13.1. The van der Waals surface area contributed by atoms with Gasteiger partial charge >= 0.3 is 0 Å². The van der Waals surface area contributed by atoms with Crippen LogP contribution in [0.1, 0.15) is 16.5 Å². The third kappa shape index (κ3) is 3.11. The summed E-state index contributed by atoms with van der Waals surface area (Å²) in [5.74, 6) is -1.07. The quantitative estimate of drug-likeness (QED) is 0.879. The van der Waals surface area contributed by atoms with E-state index in [0.29, 0.717) is 5.56 Å². The van der Waals surface area contributed by atoms with Crippen LogP contribution in [0.25, 0.3) is 0 Å². The summed E-state index contributed by atoms with van der Waals surface area (Å²) >= 11 is 1.64. The molecule has 0 fully saturated rings. The maximum Gasteiger partial charge on any atom is 0.126 e. The molecule has 0 spiro atoms. The average molecular weight is 253 g/mol. The van der Waals surface area contributed by atoms with Crippen molar-refractivity contribution in [2.45, 2.75) is 12.5 Å². The van der Waals surface area contributed by atoms with Gasteiger partial charge in [0, 0.05) is 23.4 Å². The number of hydrogen-bond acceptors (Lipinski definition) is 2. The first-order valence-corrected chi connectivity index (χ1v) is 6.22. The summed E-state index contributed by atoms with van der Waals surface area (Å²) in [5.41, 5.74) is 0.637. The van der Waals surface area contributed by atoms with Gasteiger partial charge < -0.3 is 5.32 Å². The summed E-state index contributed by atoms with van der Waals surface area (Å²) in [6.07, 6.45) is 0.733. The molecule has 1 aromatic carbocycles. The second-order valence-electron chi connectivity index (χ2n) is 3.83. The molecular formula is C13H13F2NS. The van der Waals surface area contributed by atoms with Gasteiger partial charge in [-0.2, -0.15) is 0 Å². The SMILES string of the molecule is CNC(Cc1cccs1)c1cc(F)cc(F)c1. The van der Waals surface area contributed by atoms with Crippen molar-refractivity contribution < 1.29 is 8.78 Å². The second kappa shape index (κ2) is 5.38. The molecule has 0 aliphatic carbocycles. The largest absolute Gasteiger partial charge is 0.313 e. The van der Waals surface area contributed by atoms with Crippen LogP contribution in [0, 0.1) is 11.6 Å². The van der Waals surface area contributed by atoms with E-state index in [-0.39, 0.29) is 6.04 Å². The van der Waals surface area contributed by atoms with Gasteiger partial charge in [0.1, 0.15) is 11.6 Å². The Morgan fingerprint density at radius 1 is 1.24 bits per heavy atom. The van der Waals surface area contributed by atoms with Crippen LogP contribution in [-0.2, 0) is 6.42 Å². The minimum absolute atomic E-state index is 0.0705. The summed E-state index contributed by atoms with van der Waals surface area (Å²) in [7, 11) is 1.79. The minimum Gasteiger partial charge on any atom is -0.313 e. The Morgan fingerprint density at radius 3 is 2.47 bits per heavy atom. The number of thiophene rings is 1. The Morgan fingerprint density at radius 2 is 1.94 bits per heavy atom. The highest BCUT2D eigenvalue weighted by Crippen LogP contribution is 2.22.